The zero-order valence-corrected chi connectivity index (χ0v) is 17.0. The molecule has 0 radical (unpaired) electrons. The fraction of sp³-hybridized carbons (Fsp3) is 0.125. The van der Waals surface area contributed by atoms with Gasteiger partial charge in [0.05, 0.1) is 30.0 Å². The lowest BCUT2D eigenvalue weighted by molar-refractivity contribution is 0.395. The van der Waals surface area contributed by atoms with E-state index in [1.54, 1.807) is 12.1 Å². The predicted molar refractivity (Wildman–Crippen MR) is 108 cm³/mol. The van der Waals surface area contributed by atoms with Crippen molar-refractivity contribution >= 4 is 62.7 Å². The first-order valence-corrected chi connectivity index (χ1v) is 9.54. The maximum absolute atomic E-state index is 11.3. The van der Waals surface area contributed by atoms with E-state index in [1.165, 1.54) is 26.5 Å². The molecule has 0 spiro atoms. The Morgan fingerprint density at radius 1 is 1.07 bits per heavy atom. The Kier molecular flexibility index (Phi) is 5.92. The van der Waals surface area contributed by atoms with E-state index in [9.17, 15) is 8.76 Å². The molecule has 3 aromatic rings. The van der Waals surface area contributed by atoms with E-state index in [0.29, 0.717) is 33.5 Å². The van der Waals surface area contributed by atoms with Crippen molar-refractivity contribution in [3.63, 3.8) is 0 Å². The average molecular weight is 449 g/mol. The van der Waals surface area contributed by atoms with E-state index in [4.69, 9.17) is 44.3 Å². The number of hydrogen-bond donors (Lipinski definition) is 2. The van der Waals surface area contributed by atoms with Gasteiger partial charge >= 0.3 is 0 Å². The van der Waals surface area contributed by atoms with Crippen LogP contribution < -0.4 is 14.2 Å². The number of aromatic nitrogens is 2. The van der Waals surface area contributed by atoms with Gasteiger partial charge in [-0.15, -0.1) is 0 Å². The number of methoxy groups -OCH3 is 2. The van der Waals surface area contributed by atoms with E-state index < -0.39 is 11.3 Å². The molecule has 27 heavy (non-hydrogen) atoms. The van der Waals surface area contributed by atoms with Crippen molar-refractivity contribution in [2.75, 3.05) is 18.9 Å². The van der Waals surface area contributed by atoms with Gasteiger partial charge in [-0.05, 0) is 12.1 Å². The lowest BCUT2D eigenvalue weighted by Gasteiger charge is -2.16. The Morgan fingerprint density at radius 2 is 1.70 bits per heavy atom. The molecular formula is C16H12Cl3N3O4S. The minimum atomic E-state index is -2.36. The van der Waals surface area contributed by atoms with E-state index in [1.807, 2.05) is 0 Å². The van der Waals surface area contributed by atoms with Gasteiger partial charge in [-0.3, -0.25) is 9.27 Å². The van der Waals surface area contributed by atoms with Crippen LogP contribution in [0.3, 0.4) is 0 Å². The number of anilines is 1. The molecule has 0 aliphatic rings. The van der Waals surface area contributed by atoms with Crippen LogP contribution in [0.25, 0.3) is 22.0 Å². The highest BCUT2D eigenvalue weighted by atomic mass is 35.5. The summed E-state index contributed by atoms with van der Waals surface area (Å²) in [6.07, 6.45) is 1.51. The molecular weight excluding hydrogens is 437 g/mol. The van der Waals surface area contributed by atoms with Crippen LogP contribution >= 0.6 is 34.8 Å². The predicted octanol–water partition coefficient (Wildman–Crippen LogP) is 4.82. The van der Waals surface area contributed by atoms with E-state index in [2.05, 4.69) is 14.7 Å². The number of nitrogens with one attached hydrogen (secondary N) is 1. The molecule has 1 atom stereocenters. The highest BCUT2D eigenvalue weighted by molar-refractivity contribution is 7.80. The van der Waals surface area contributed by atoms with Crippen LogP contribution in [0.2, 0.25) is 15.2 Å². The summed E-state index contributed by atoms with van der Waals surface area (Å²) in [5, 5.41) is 1.75. The SMILES string of the molecule is COc1cc(OC)c(Cl)c(-c2cc3cnc(Cl)cc3c(NS(=O)O)n2)c1Cl. The molecule has 0 bridgehead atoms. The molecule has 1 unspecified atom stereocenters. The molecule has 0 saturated carbocycles. The highest BCUT2D eigenvalue weighted by Gasteiger charge is 2.21. The summed E-state index contributed by atoms with van der Waals surface area (Å²) in [6.45, 7) is 0. The van der Waals surface area contributed by atoms with Crippen molar-refractivity contribution in [3.05, 3.63) is 39.6 Å². The fourth-order valence-electron chi connectivity index (χ4n) is 2.52. The van der Waals surface area contributed by atoms with Gasteiger partial charge in [0.15, 0.2) is 0 Å². The van der Waals surface area contributed by atoms with Crippen LogP contribution in [-0.4, -0.2) is 32.9 Å². The number of hydrogen-bond acceptors (Lipinski definition) is 5. The maximum atomic E-state index is 11.3. The Labute approximate surface area is 172 Å². The van der Waals surface area contributed by atoms with Crippen molar-refractivity contribution in [3.8, 4) is 22.8 Å². The minimum Gasteiger partial charge on any atom is -0.495 e. The van der Waals surface area contributed by atoms with Crippen molar-refractivity contribution in [2.45, 2.75) is 0 Å². The number of nitrogens with zero attached hydrogens (tertiary/aromatic N) is 2. The summed E-state index contributed by atoms with van der Waals surface area (Å²) < 4.78 is 33.5. The number of pyridine rings is 2. The van der Waals surface area contributed by atoms with Gasteiger partial charge in [-0.1, -0.05) is 34.8 Å². The lowest BCUT2D eigenvalue weighted by Crippen LogP contribution is -2.05. The monoisotopic (exact) mass is 447 g/mol. The Bertz CT molecular complexity index is 1040. The van der Waals surface area contributed by atoms with E-state index in [-0.39, 0.29) is 21.0 Å². The first-order valence-electron chi connectivity index (χ1n) is 7.29. The first-order chi connectivity index (χ1) is 12.8. The minimum absolute atomic E-state index is 0.113. The summed E-state index contributed by atoms with van der Waals surface area (Å²) in [6, 6.07) is 4.76. The molecule has 142 valence electrons. The van der Waals surface area contributed by atoms with Crippen LogP contribution in [-0.2, 0) is 11.3 Å². The van der Waals surface area contributed by atoms with Crippen molar-refractivity contribution in [2.24, 2.45) is 0 Å². The number of benzene rings is 1. The first kappa shape index (κ1) is 19.9. The third-order valence-corrected chi connectivity index (χ3v) is 5.02. The molecule has 7 nitrogen and oxygen atoms in total. The van der Waals surface area contributed by atoms with Crippen molar-refractivity contribution in [1.29, 1.82) is 0 Å². The van der Waals surface area contributed by atoms with Gasteiger partial charge in [-0.2, -0.15) is 0 Å². The van der Waals surface area contributed by atoms with E-state index >= 15 is 0 Å². The zero-order chi connectivity index (χ0) is 19.7. The fourth-order valence-corrected chi connectivity index (χ4v) is 3.69. The van der Waals surface area contributed by atoms with Crippen LogP contribution in [0.15, 0.2) is 24.4 Å². The Hall–Kier alpha value is -1.84. The Morgan fingerprint density at radius 3 is 2.26 bits per heavy atom. The number of ether oxygens (including phenoxy) is 2. The number of fused-ring (bicyclic) bond motifs is 1. The summed E-state index contributed by atoms with van der Waals surface area (Å²) in [5.41, 5.74) is 0.671. The summed E-state index contributed by atoms with van der Waals surface area (Å²) in [4.78, 5) is 8.43. The molecule has 0 amide bonds. The van der Waals surface area contributed by atoms with Crippen LogP contribution in [0.5, 0.6) is 11.5 Å². The normalized spacial score (nSPS) is 12.1. The standard InChI is InChI=1S/C16H12Cl3N3O4S/c1-25-10-5-11(26-2)15(19)13(14(10)18)9-3-7-6-20-12(17)4-8(7)16(21-9)22-27(23)24/h3-6H,1-2H3,(H,21,22)(H,23,24). The van der Waals surface area contributed by atoms with Gasteiger partial charge in [0, 0.05) is 28.6 Å². The van der Waals surface area contributed by atoms with Crippen LogP contribution in [0.1, 0.15) is 0 Å². The van der Waals surface area contributed by atoms with Crippen LogP contribution in [0, 0.1) is 0 Å². The number of halogens is 3. The van der Waals surface area contributed by atoms with Gasteiger partial charge in [0.2, 0.25) is 0 Å². The molecule has 0 fully saturated rings. The largest absolute Gasteiger partial charge is 0.495 e. The van der Waals surface area contributed by atoms with Crippen molar-refractivity contribution < 1.29 is 18.2 Å². The molecule has 11 heteroatoms. The molecule has 2 heterocycles. The van der Waals surface area contributed by atoms with Gasteiger partial charge in [0.25, 0.3) is 11.3 Å². The average Bonchev–Trinajstić information content (AvgIpc) is 2.62. The quantitative estimate of drug-likeness (QED) is 0.429. The molecule has 0 aliphatic heterocycles. The van der Waals surface area contributed by atoms with Gasteiger partial charge in [0.1, 0.15) is 22.5 Å². The highest BCUT2D eigenvalue weighted by Crippen LogP contribution is 2.46. The maximum Gasteiger partial charge on any atom is 0.260 e. The number of rotatable bonds is 5. The molecule has 2 N–H and O–H groups in total. The zero-order valence-electron chi connectivity index (χ0n) is 13.9. The smallest absolute Gasteiger partial charge is 0.260 e. The second-order valence-corrected chi connectivity index (χ2v) is 7.07. The van der Waals surface area contributed by atoms with Gasteiger partial charge in [-0.25, -0.2) is 14.2 Å². The van der Waals surface area contributed by atoms with E-state index in [0.717, 1.165) is 0 Å². The summed E-state index contributed by atoms with van der Waals surface area (Å²) in [5.74, 6) is 0.787. The molecule has 2 aromatic heterocycles. The second kappa shape index (κ2) is 8.04. The third kappa shape index (κ3) is 3.90. The summed E-state index contributed by atoms with van der Waals surface area (Å²) in [7, 11) is 2.92. The topological polar surface area (TPSA) is 93.6 Å². The second-order valence-electron chi connectivity index (χ2n) is 5.22. The van der Waals surface area contributed by atoms with Crippen molar-refractivity contribution in [1.82, 2.24) is 9.97 Å². The molecule has 0 saturated heterocycles. The Balaban J connectivity index is 2.35. The molecule has 0 aliphatic carbocycles. The molecule has 1 aromatic carbocycles. The summed E-state index contributed by atoms with van der Waals surface area (Å²) >= 11 is 16.5. The third-order valence-electron chi connectivity index (χ3n) is 3.69. The van der Waals surface area contributed by atoms with Crippen LogP contribution in [0.4, 0.5) is 5.82 Å². The van der Waals surface area contributed by atoms with Gasteiger partial charge < -0.3 is 9.47 Å². The molecule has 3 rings (SSSR count). The lowest BCUT2D eigenvalue weighted by atomic mass is 10.1.